The van der Waals surface area contributed by atoms with E-state index >= 15 is 0 Å². The third-order valence-corrected chi connectivity index (χ3v) is 2.13. The van der Waals surface area contributed by atoms with Gasteiger partial charge < -0.3 is 15.0 Å². The average molecular weight is 178 g/mol. The van der Waals surface area contributed by atoms with Gasteiger partial charge >= 0.3 is 6.69 Å². The first-order chi connectivity index (χ1) is 6.09. The Hall–Kier alpha value is -1.33. The molecule has 1 aliphatic heterocycles. The normalized spacial score (nSPS) is 18.5. The molecule has 0 aromatic heterocycles. The van der Waals surface area contributed by atoms with Crippen LogP contribution in [-0.2, 0) is 0 Å². The molecule has 0 fully saturated rings. The number of rotatable bonds is 0. The Morgan fingerprint density at radius 2 is 2.00 bits per heavy atom. The van der Waals surface area contributed by atoms with Gasteiger partial charge in [-0.2, -0.15) is 0 Å². The summed E-state index contributed by atoms with van der Waals surface area (Å²) in [6.07, 6.45) is 0. The number of fused-ring (bicyclic) bond motifs is 1. The molecule has 0 unspecified atom stereocenters. The van der Waals surface area contributed by atoms with Gasteiger partial charge in [0.15, 0.2) is 0 Å². The predicted molar refractivity (Wildman–Crippen MR) is 51.5 cm³/mol. The standard InChI is InChI=1S/C8H11BN2O2/c1-6-10-8-5-3-2-4-7(8)9(12,13)11-6/h2-5,10-13H,1H3. The van der Waals surface area contributed by atoms with Gasteiger partial charge in [0.1, 0.15) is 0 Å². The molecule has 4 nitrogen and oxygen atoms in total. The van der Waals surface area contributed by atoms with E-state index in [2.05, 4.69) is 10.2 Å². The van der Waals surface area contributed by atoms with Gasteiger partial charge in [0.05, 0.1) is 5.69 Å². The first-order valence-electron chi connectivity index (χ1n) is 4.17. The summed E-state index contributed by atoms with van der Waals surface area (Å²) in [5, 5.41) is 22.3. The van der Waals surface area contributed by atoms with E-state index in [0.717, 1.165) is 5.69 Å². The quantitative estimate of drug-likeness (QED) is 0.339. The van der Waals surface area contributed by atoms with Crippen LogP contribution in [0.2, 0.25) is 0 Å². The molecule has 2 rings (SSSR count). The van der Waals surface area contributed by atoms with E-state index in [1.165, 1.54) is 0 Å². The maximum Gasteiger partial charge on any atom is 0.474 e. The Balaban J connectivity index is 2.58. The monoisotopic (exact) mass is 178 g/mol. The number of hydrogen-bond donors (Lipinski definition) is 4. The molecule has 0 amide bonds. The smallest absolute Gasteiger partial charge is 0.474 e. The van der Waals surface area contributed by atoms with Crippen molar-refractivity contribution in [1.82, 2.24) is 0 Å². The van der Waals surface area contributed by atoms with Crippen LogP contribution >= 0.6 is 0 Å². The largest absolute Gasteiger partial charge is 0.540 e. The summed E-state index contributed by atoms with van der Waals surface area (Å²) in [4.78, 5) is 2.59. The highest BCUT2D eigenvalue weighted by Gasteiger charge is 2.33. The van der Waals surface area contributed by atoms with E-state index in [1.54, 1.807) is 19.1 Å². The van der Waals surface area contributed by atoms with E-state index in [1.807, 2.05) is 12.1 Å². The molecule has 1 heterocycles. The summed E-state index contributed by atoms with van der Waals surface area (Å²) in [5.41, 5.74) is 1.23. The van der Waals surface area contributed by atoms with Crippen LogP contribution < -0.4 is 15.7 Å². The molecule has 1 aliphatic rings. The lowest BCUT2D eigenvalue weighted by Gasteiger charge is -2.27. The maximum absolute atomic E-state index is 9.64. The molecule has 1 aromatic carbocycles. The van der Waals surface area contributed by atoms with Crippen LogP contribution in [0.4, 0.5) is 5.69 Å². The van der Waals surface area contributed by atoms with Crippen molar-refractivity contribution >= 4 is 23.7 Å². The van der Waals surface area contributed by atoms with Crippen LogP contribution in [0.1, 0.15) is 6.92 Å². The van der Waals surface area contributed by atoms with Crippen LogP contribution in [0, 0.1) is 0 Å². The lowest BCUT2D eigenvalue weighted by atomic mass is 9.64. The van der Waals surface area contributed by atoms with E-state index < -0.39 is 6.69 Å². The number of anilines is 1. The highest BCUT2D eigenvalue weighted by Crippen LogP contribution is 2.06. The molecule has 5 heteroatoms. The lowest BCUT2D eigenvalue weighted by Crippen LogP contribution is -2.98. The zero-order chi connectivity index (χ0) is 9.47. The molecule has 0 saturated carbocycles. The maximum atomic E-state index is 9.64. The van der Waals surface area contributed by atoms with Crippen molar-refractivity contribution in [2.24, 2.45) is 0 Å². The lowest BCUT2D eigenvalue weighted by molar-refractivity contribution is -0.348. The van der Waals surface area contributed by atoms with Gasteiger partial charge in [-0.05, 0) is 6.07 Å². The molecule has 0 bridgehead atoms. The van der Waals surface area contributed by atoms with Crippen molar-refractivity contribution in [3.05, 3.63) is 24.3 Å². The molecule has 0 radical (unpaired) electrons. The first-order valence-corrected chi connectivity index (χ1v) is 4.17. The van der Waals surface area contributed by atoms with Crippen molar-refractivity contribution < 1.29 is 15.0 Å². The van der Waals surface area contributed by atoms with Gasteiger partial charge in [-0.15, -0.1) is 0 Å². The van der Waals surface area contributed by atoms with Gasteiger partial charge in [-0.25, -0.2) is 0 Å². The summed E-state index contributed by atoms with van der Waals surface area (Å²) in [7, 11) is 0. The van der Waals surface area contributed by atoms with Crippen LogP contribution in [0.5, 0.6) is 0 Å². The molecule has 0 atom stereocenters. The molecule has 68 valence electrons. The number of para-hydroxylation sites is 1. The Kier molecular flexibility index (Phi) is 1.64. The fourth-order valence-corrected chi connectivity index (χ4v) is 1.58. The Bertz CT molecular complexity index is 376. The first kappa shape index (κ1) is 8.28. The van der Waals surface area contributed by atoms with Crippen LogP contribution in [0.15, 0.2) is 24.3 Å². The summed E-state index contributed by atoms with van der Waals surface area (Å²) in [5.74, 6) is 0.642. The van der Waals surface area contributed by atoms with Crippen molar-refractivity contribution in [3.63, 3.8) is 0 Å². The second-order valence-electron chi connectivity index (χ2n) is 3.26. The van der Waals surface area contributed by atoms with Crippen molar-refractivity contribution in [2.45, 2.75) is 6.92 Å². The summed E-state index contributed by atoms with van der Waals surface area (Å²) < 4.78 is 0. The molecule has 13 heavy (non-hydrogen) atoms. The number of hydrogen-bond acceptors (Lipinski definition) is 3. The van der Waals surface area contributed by atoms with Gasteiger partial charge in [0.2, 0.25) is 5.84 Å². The number of nitrogens with one attached hydrogen (secondary N) is 2. The minimum atomic E-state index is -2.62. The second kappa shape index (κ2) is 2.58. The molecule has 1 aromatic rings. The summed E-state index contributed by atoms with van der Waals surface area (Å²) in [6.45, 7) is -0.873. The van der Waals surface area contributed by atoms with E-state index in [0.29, 0.717) is 11.3 Å². The summed E-state index contributed by atoms with van der Waals surface area (Å²) >= 11 is 0. The van der Waals surface area contributed by atoms with Crippen LogP contribution in [0.25, 0.3) is 0 Å². The minimum Gasteiger partial charge on any atom is -0.540 e. The SMILES string of the molecule is CC1=[NH+][B-](O)(O)c2ccccc2N1. The second-order valence-corrected chi connectivity index (χ2v) is 3.26. The average Bonchev–Trinajstić information content (AvgIpc) is 2.02. The zero-order valence-electron chi connectivity index (χ0n) is 7.28. The number of benzene rings is 1. The molecule has 0 aliphatic carbocycles. The van der Waals surface area contributed by atoms with Crippen LogP contribution in [-0.4, -0.2) is 22.6 Å². The van der Waals surface area contributed by atoms with Crippen molar-refractivity contribution in [3.8, 4) is 0 Å². The summed E-state index contributed by atoms with van der Waals surface area (Å²) in [6, 6.07) is 7.10. The van der Waals surface area contributed by atoms with Gasteiger partial charge in [-0.1, -0.05) is 23.7 Å². The van der Waals surface area contributed by atoms with Crippen LogP contribution in [0.3, 0.4) is 0 Å². The van der Waals surface area contributed by atoms with Gasteiger partial charge in [0, 0.05) is 6.92 Å². The highest BCUT2D eigenvalue weighted by molar-refractivity contribution is 6.73. The highest BCUT2D eigenvalue weighted by atomic mass is 16.4. The number of amidine groups is 1. The Morgan fingerprint density at radius 3 is 2.77 bits per heavy atom. The third kappa shape index (κ3) is 1.32. The molecule has 4 N–H and O–H groups in total. The molecule has 0 saturated heterocycles. The van der Waals surface area contributed by atoms with E-state index in [9.17, 15) is 10.0 Å². The van der Waals surface area contributed by atoms with Crippen molar-refractivity contribution in [2.75, 3.05) is 5.32 Å². The van der Waals surface area contributed by atoms with E-state index in [4.69, 9.17) is 0 Å². The molecular weight excluding hydrogens is 167 g/mol. The van der Waals surface area contributed by atoms with Crippen molar-refractivity contribution in [1.29, 1.82) is 0 Å². The fraction of sp³-hybridized carbons (Fsp3) is 0.125. The molecule has 0 spiro atoms. The Labute approximate surface area is 75.9 Å². The van der Waals surface area contributed by atoms with Gasteiger partial charge in [-0.3, -0.25) is 5.32 Å². The van der Waals surface area contributed by atoms with E-state index in [-0.39, 0.29) is 0 Å². The molecular formula is C8H11BN2O2. The predicted octanol–water partition coefficient (Wildman–Crippen LogP) is -2.26. The Morgan fingerprint density at radius 1 is 1.31 bits per heavy atom. The van der Waals surface area contributed by atoms with Gasteiger partial charge in [0.25, 0.3) is 0 Å². The topological polar surface area (TPSA) is 66.5 Å². The fourth-order valence-electron chi connectivity index (χ4n) is 1.58. The minimum absolute atomic E-state index is 0.494. The zero-order valence-corrected chi connectivity index (χ0v) is 7.28. The third-order valence-electron chi connectivity index (χ3n) is 2.13.